The largest absolute Gasteiger partial charge is 0.478 e. The van der Waals surface area contributed by atoms with Crippen LogP contribution in [-0.2, 0) is 10.9 Å². The van der Waals surface area contributed by atoms with Gasteiger partial charge >= 0.3 is 6.18 Å². The number of hydrogen-bond donors (Lipinski definition) is 2. The molecule has 0 bridgehead atoms. The van der Waals surface area contributed by atoms with Crippen LogP contribution in [0.1, 0.15) is 46.5 Å². The highest BCUT2D eigenvalue weighted by molar-refractivity contribution is 6.30. The number of ether oxygens (including phenoxy) is 2. The number of anilines is 1. The number of benzene rings is 2. The number of morpholine rings is 1. The number of amides is 2. The Balaban J connectivity index is 1.44. The molecule has 5 rings (SSSR count). The number of carbonyl (C=O) groups is 2. The second-order valence-corrected chi connectivity index (χ2v) is 11.6. The van der Waals surface area contributed by atoms with E-state index in [0.29, 0.717) is 56.4 Å². The van der Waals surface area contributed by atoms with Gasteiger partial charge in [0, 0.05) is 67.8 Å². The molecule has 2 aromatic carbocycles. The maximum absolute atomic E-state index is 13.8. The van der Waals surface area contributed by atoms with Gasteiger partial charge < -0.3 is 29.9 Å². The molecule has 0 radical (unpaired) electrons. The van der Waals surface area contributed by atoms with Crippen LogP contribution in [0.25, 0.3) is 11.1 Å². The van der Waals surface area contributed by atoms with Gasteiger partial charge in [-0.05, 0) is 61.4 Å². The van der Waals surface area contributed by atoms with E-state index in [4.69, 9.17) is 21.1 Å². The van der Waals surface area contributed by atoms with Crippen molar-refractivity contribution in [3.63, 3.8) is 0 Å². The predicted molar refractivity (Wildman–Crippen MR) is 170 cm³/mol. The lowest BCUT2D eigenvalue weighted by Gasteiger charge is -2.43. The molecule has 0 saturated carbocycles. The fraction of sp³-hybridized carbons (Fsp3) is 0.424. The summed E-state index contributed by atoms with van der Waals surface area (Å²) in [6.45, 7) is 7.14. The van der Waals surface area contributed by atoms with Crippen molar-refractivity contribution in [1.82, 2.24) is 20.5 Å². The van der Waals surface area contributed by atoms with Crippen LogP contribution in [-0.4, -0.2) is 86.3 Å². The van der Waals surface area contributed by atoms with Crippen LogP contribution < -0.4 is 20.3 Å². The molecule has 0 aliphatic carbocycles. The Morgan fingerprint density at radius 1 is 1.13 bits per heavy atom. The summed E-state index contributed by atoms with van der Waals surface area (Å²) in [5.74, 6) is -0.557. The molecule has 2 amide bonds. The second-order valence-electron chi connectivity index (χ2n) is 11.1. The zero-order valence-corrected chi connectivity index (χ0v) is 26.5. The minimum atomic E-state index is -4.74. The maximum atomic E-state index is 13.8. The van der Waals surface area contributed by atoms with Gasteiger partial charge in [-0.2, -0.15) is 13.2 Å². The van der Waals surface area contributed by atoms with Crippen molar-refractivity contribution in [2.45, 2.75) is 38.6 Å². The first-order valence-electron chi connectivity index (χ1n) is 15.4. The predicted octanol–water partition coefficient (Wildman–Crippen LogP) is 5.28. The van der Waals surface area contributed by atoms with Crippen molar-refractivity contribution in [2.24, 2.45) is 0 Å². The average molecular weight is 660 g/mol. The average Bonchev–Trinajstić information content (AvgIpc) is 3.07. The Kier molecular flexibility index (Phi) is 10.7. The molecule has 2 N–H and O–H groups in total. The number of aromatic nitrogens is 1. The van der Waals surface area contributed by atoms with Gasteiger partial charge in [0.25, 0.3) is 11.8 Å². The fourth-order valence-electron chi connectivity index (χ4n) is 5.86. The first-order valence-corrected chi connectivity index (χ1v) is 15.7. The molecule has 2 aliphatic heterocycles. The SMILES string of the molecule is CCOc1ncccc1-c1ccc(N2CCN(C(=O)c3ccc(Cl)cc3C(F)(F)F)C[C@H]2CC)c(C(=O)NC[C@@H]2CNCCO2)c1. The van der Waals surface area contributed by atoms with Crippen LogP contribution >= 0.6 is 11.6 Å². The highest BCUT2D eigenvalue weighted by Gasteiger charge is 2.38. The molecule has 13 heteroatoms. The smallest absolute Gasteiger partial charge is 0.417 e. The van der Waals surface area contributed by atoms with E-state index in [1.165, 1.54) is 11.0 Å². The van der Waals surface area contributed by atoms with Gasteiger partial charge in [-0.25, -0.2) is 4.98 Å². The summed E-state index contributed by atoms with van der Waals surface area (Å²) in [4.78, 5) is 35.1. The normalized spacial score (nSPS) is 18.7. The van der Waals surface area contributed by atoms with Crippen molar-refractivity contribution in [1.29, 1.82) is 0 Å². The summed E-state index contributed by atoms with van der Waals surface area (Å²) in [5, 5.41) is 6.17. The van der Waals surface area contributed by atoms with E-state index >= 15 is 0 Å². The second kappa shape index (κ2) is 14.7. The van der Waals surface area contributed by atoms with E-state index in [2.05, 4.69) is 20.5 Å². The topological polar surface area (TPSA) is 96.0 Å². The van der Waals surface area contributed by atoms with Crippen molar-refractivity contribution in [2.75, 3.05) is 57.4 Å². The molecule has 0 unspecified atom stereocenters. The number of hydrogen-bond acceptors (Lipinski definition) is 7. The molecule has 2 atom stereocenters. The Morgan fingerprint density at radius 3 is 2.67 bits per heavy atom. The lowest BCUT2D eigenvalue weighted by atomic mass is 9.98. The summed E-state index contributed by atoms with van der Waals surface area (Å²) in [7, 11) is 0. The van der Waals surface area contributed by atoms with Gasteiger partial charge in [-0.1, -0.05) is 24.6 Å². The highest BCUT2D eigenvalue weighted by Crippen LogP contribution is 2.36. The number of alkyl halides is 3. The number of rotatable bonds is 9. The monoisotopic (exact) mass is 659 g/mol. The third-order valence-corrected chi connectivity index (χ3v) is 8.40. The molecular formula is C33H37ClF3N5O4. The molecule has 9 nitrogen and oxygen atoms in total. The molecule has 46 heavy (non-hydrogen) atoms. The van der Waals surface area contributed by atoms with Crippen molar-refractivity contribution in [3.05, 3.63) is 76.4 Å². The van der Waals surface area contributed by atoms with Gasteiger partial charge in [0.2, 0.25) is 5.88 Å². The number of piperazine rings is 1. The highest BCUT2D eigenvalue weighted by atomic mass is 35.5. The Bertz CT molecular complexity index is 1550. The van der Waals surface area contributed by atoms with Gasteiger partial charge in [0.15, 0.2) is 0 Å². The van der Waals surface area contributed by atoms with Gasteiger partial charge in [0.05, 0.1) is 36.0 Å². The first-order chi connectivity index (χ1) is 22.1. The van der Waals surface area contributed by atoms with Crippen LogP contribution in [0.2, 0.25) is 5.02 Å². The Labute approximate surface area is 271 Å². The van der Waals surface area contributed by atoms with Crippen molar-refractivity contribution >= 4 is 29.1 Å². The minimum absolute atomic E-state index is 0.0969. The fourth-order valence-corrected chi connectivity index (χ4v) is 6.04. The molecule has 2 fully saturated rings. The van der Waals surface area contributed by atoms with Crippen molar-refractivity contribution < 1.29 is 32.2 Å². The Hall–Kier alpha value is -3.87. The summed E-state index contributed by atoms with van der Waals surface area (Å²) in [5.41, 5.74) is 1.05. The standard InChI is InChI=1S/C33H37ClF3N5O4/c1-3-23-20-41(32(44)26-9-8-22(34)17-28(26)33(35,36)37)13-14-42(23)29-10-7-21(25-6-5-11-39-31(25)45-4-2)16-27(29)30(43)40-19-24-18-38-12-15-46-24/h5-11,16-17,23-24,38H,3-4,12-15,18-20H2,1-2H3,(H,40,43)/t23-,24+/m1/s1. The molecular weight excluding hydrogens is 623 g/mol. The summed E-state index contributed by atoms with van der Waals surface area (Å²) in [6.07, 6.45) is -2.68. The number of pyridine rings is 1. The van der Waals surface area contributed by atoms with Crippen LogP contribution in [0.15, 0.2) is 54.7 Å². The zero-order valence-electron chi connectivity index (χ0n) is 25.7. The van der Waals surface area contributed by atoms with Crippen LogP contribution in [0.5, 0.6) is 5.88 Å². The first kappa shape index (κ1) is 33.5. The zero-order chi connectivity index (χ0) is 32.8. The maximum Gasteiger partial charge on any atom is 0.417 e. The van der Waals surface area contributed by atoms with Gasteiger partial charge in [-0.15, -0.1) is 0 Å². The molecule has 0 spiro atoms. The van der Waals surface area contributed by atoms with E-state index in [1.54, 1.807) is 18.3 Å². The summed E-state index contributed by atoms with van der Waals surface area (Å²) >= 11 is 5.84. The van der Waals surface area contributed by atoms with Gasteiger partial charge in [0.1, 0.15) is 0 Å². The molecule has 2 aliphatic rings. The third kappa shape index (κ3) is 7.56. The summed E-state index contributed by atoms with van der Waals surface area (Å²) in [6, 6.07) is 12.2. The van der Waals surface area contributed by atoms with Crippen LogP contribution in [0, 0.1) is 0 Å². The molecule has 3 heterocycles. The summed E-state index contributed by atoms with van der Waals surface area (Å²) < 4.78 is 52.9. The van der Waals surface area contributed by atoms with E-state index in [9.17, 15) is 22.8 Å². The lowest BCUT2D eigenvalue weighted by Crippen LogP contribution is -2.55. The number of nitrogens with one attached hydrogen (secondary N) is 2. The third-order valence-electron chi connectivity index (χ3n) is 8.17. The van der Waals surface area contributed by atoms with E-state index in [1.807, 2.05) is 32.0 Å². The Morgan fingerprint density at radius 2 is 1.96 bits per heavy atom. The van der Waals surface area contributed by atoms with Gasteiger partial charge in [-0.3, -0.25) is 9.59 Å². The van der Waals surface area contributed by atoms with Crippen LogP contribution in [0.3, 0.4) is 0 Å². The lowest BCUT2D eigenvalue weighted by molar-refractivity contribution is -0.138. The molecule has 3 aromatic rings. The molecule has 2 saturated heterocycles. The minimum Gasteiger partial charge on any atom is -0.478 e. The quantitative estimate of drug-likeness (QED) is 0.323. The number of nitrogens with zero attached hydrogens (tertiary/aromatic N) is 3. The van der Waals surface area contributed by atoms with E-state index in [-0.39, 0.29) is 36.2 Å². The molecule has 246 valence electrons. The number of carbonyl (C=O) groups excluding carboxylic acids is 2. The van der Waals surface area contributed by atoms with E-state index in [0.717, 1.165) is 29.8 Å². The molecule has 1 aromatic heterocycles. The van der Waals surface area contributed by atoms with Crippen LogP contribution in [0.4, 0.5) is 18.9 Å². The number of halogens is 4. The van der Waals surface area contributed by atoms with E-state index < -0.39 is 23.2 Å². The van der Waals surface area contributed by atoms with Crippen molar-refractivity contribution in [3.8, 4) is 17.0 Å².